The van der Waals surface area contributed by atoms with E-state index in [1.807, 2.05) is 31.2 Å². The van der Waals surface area contributed by atoms with E-state index in [2.05, 4.69) is 10.6 Å². The van der Waals surface area contributed by atoms with Gasteiger partial charge in [-0.25, -0.2) is 4.79 Å². The molecule has 0 aliphatic heterocycles. The summed E-state index contributed by atoms with van der Waals surface area (Å²) in [6.07, 6.45) is -0.338. The van der Waals surface area contributed by atoms with Crippen LogP contribution in [0.25, 0.3) is 0 Å². The molecule has 0 aliphatic rings. The number of anilines is 1. The van der Waals surface area contributed by atoms with Crippen molar-refractivity contribution in [3.05, 3.63) is 64.7 Å². The molecule has 5 nitrogen and oxygen atoms in total. The second-order valence-corrected chi connectivity index (χ2v) is 7.72. The highest BCUT2D eigenvalue weighted by molar-refractivity contribution is 6.31. The lowest BCUT2D eigenvalue weighted by atomic mass is 10.1. The Hall–Kier alpha value is -2.53. The third kappa shape index (κ3) is 6.94. The number of carbonyl (C=O) groups is 2. The average molecular weight is 389 g/mol. The molecule has 0 fully saturated rings. The number of benzene rings is 2. The molecule has 0 bridgehead atoms. The normalized spacial score (nSPS) is 12.2. The molecule has 0 aliphatic carbocycles. The SMILES string of the molecule is C[C@H](NC(=O)Cc1cccc(NC(=O)OC(C)(C)C)c1)c1ccccc1Cl. The van der Waals surface area contributed by atoms with E-state index in [9.17, 15) is 9.59 Å². The van der Waals surface area contributed by atoms with Gasteiger partial charge in [0.15, 0.2) is 0 Å². The maximum Gasteiger partial charge on any atom is 0.412 e. The van der Waals surface area contributed by atoms with E-state index in [4.69, 9.17) is 16.3 Å². The minimum absolute atomic E-state index is 0.128. The second-order valence-electron chi connectivity index (χ2n) is 7.31. The molecule has 2 aromatic rings. The highest BCUT2D eigenvalue weighted by atomic mass is 35.5. The zero-order chi connectivity index (χ0) is 20.0. The van der Waals surface area contributed by atoms with Crippen LogP contribution < -0.4 is 10.6 Å². The lowest BCUT2D eigenvalue weighted by Crippen LogP contribution is -2.28. The highest BCUT2D eigenvalue weighted by Gasteiger charge is 2.17. The van der Waals surface area contributed by atoms with E-state index >= 15 is 0 Å². The Balaban J connectivity index is 1.96. The van der Waals surface area contributed by atoms with Crippen LogP contribution in [0.5, 0.6) is 0 Å². The van der Waals surface area contributed by atoms with Gasteiger partial charge in [0.2, 0.25) is 5.91 Å². The lowest BCUT2D eigenvalue weighted by Gasteiger charge is -2.19. The largest absolute Gasteiger partial charge is 0.444 e. The van der Waals surface area contributed by atoms with Crippen LogP contribution >= 0.6 is 11.6 Å². The van der Waals surface area contributed by atoms with Crippen LogP contribution in [0.4, 0.5) is 10.5 Å². The molecule has 27 heavy (non-hydrogen) atoms. The molecular weight excluding hydrogens is 364 g/mol. The Kier molecular flexibility index (Phi) is 6.86. The van der Waals surface area contributed by atoms with Gasteiger partial charge in [0.25, 0.3) is 0 Å². The summed E-state index contributed by atoms with van der Waals surface area (Å²) in [6.45, 7) is 7.29. The first-order chi connectivity index (χ1) is 12.6. The van der Waals surface area contributed by atoms with Crippen LogP contribution in [0.1, 0.15) is 44.9 Å². The number of hydrogen-bond donors (Lipinski definition) is 2. The van der Waals surface area contributed by atoms with Gasteiger partial charge in [-0.15, -0.1) is 0 Å². The van der Waals surface area contributed by atoms with Crippen LogP contribution in [0.3, 0.4) is 0 Å². The first-order valence-electron chi connectivity index (χ1n) is 8.77. The third-order valence-electron chi connectivity index (χ3n) is 3.69. The molecule has 0 unspecified atom stereocenters. The van der Waals surface area contributed by atoms with Crippen molar-refractivity contribution in [3.8, 4) is 0 Å². The quantitative estimate of drug-likeness (QED) is 0.748. The number of amides is 2. The monoisotopic (exact) mass is 388 g/mol. The van der Waals surface area contributed by atoms with E-state index in [0.29, 0.717) is 10.7 Å². The predicted octanol–water partition coefficient (Wildman–Crippen LogP) is 5.11. The second kappa shape index (κ2) is 8.91. The third-order valence-corrected chi connectivity index (χ3v) is 4.03. The number of nitrogens with one attached hydrogen (secondary N) is 2. The summed E-state index contributed by atoms with van der Waals surface area (Å²) < 4.78 is 5.23. The van der Waals surface area contributed by atoms with Gasteiger partial charge in [0, 0.05) is 10.7 Å². The molecule has 144 valence electrons. The van der Waals surface area contributed by atoms with Crippen molar-refractivity contribution >= 4 is 29.3 Å². The molecule has 0 saturated heterocycles. The summed E-state index contributed by atoms with van der Waals surface area (Å²) in [5.74, 6) is -0.128. The molecule has 0 radical (unpaired) electrons. The molecule has 2 aromatic carbocycles. The summed E-state index contributed by atoms with van der Waals surface area (Å²) in [6, 6.07) is 14.3. The Labute approximate surface area is 165 Å². The van der Waals surface area contributed by atoms with Crippen molar-refractivity contribution in [2.75, 3.05) is 5.32 Å². The summed E-state index contributed by atoms with van der Waals surface area (Å²) in [5.41, 5.74) is 1.66. The lowest BCUT2D eigenvalue weighted by molar-refractivity contribution is -0.121. The molecule has 0 aromatic heterocycles. The standard InChI is InChI=1S/C21H25ClN2O3/c1-14(17-10-5-6-11-18(17)22)23-19(25)13-15-8-7-9-16(12-15)24-20(26)27-21(2,3)4/h5-12,14H,13H2,1-4H3,(H,23,25)(H,24,26)/t14-/m0/s1. The van der Waals surface area contributed by atoms with Crippen molar-refractivity contribution in [2.45, 2.75) is 45.8 Å². The predicted molar refractivity (Wildman–Crippen MR) is 108 cm³/mol. The molecule has 1 atom stereocenters. The topological polar surface area (TPSA) is 67.4 Å². The maximum atomic E-state index is 12.4. The van der Waals surface area contributed by atoms with Crippen LogP contribution in [-0.2, 0) is 16.0 Å². The molecular formula is C21H25ClN2O3. The van der Waals surface area contributed by atoms with Crippen molar-refractivity contribution in [1.29, 1.82) is 0 Å². The molecule has 2 rings (SSSR count). The van der Waals surface area contributed by atoms with E-state index in [1.54, 1.807) is 45.0 Å². The fraction of sp³-hybridized carbons (Fsp3) is 0.333. The Bertz CT molecular complexity index is 815. The van der Waals surface area contributed by atoms with Gasteiger partial charge < -0.3 is 10.1 Å². The van der Waals surface area contributed by atoms with Gasteiger partial charge in [-0.3, -0.25) is 10.1 Å². The summed E-state index contributed by atoms with van der Waals surface area (Å²) in [7, 11) is 0. The van der Waals surface area contributed by atoms with Gasteiger partial charge in [-0.1, -0.05) is 41.9 Å². The fourth-order valence-corrected chi connectivity index (χ4v) is 2.86. The Morgan fingerprint density at radius 2 is 1.81 bits per heavy atom. The van der Waals surface area contributed by atoms with Gasteiger partial charge in [-0.05, 0) is 57.0 Å². The minimum atomic E-state index is -0.573. The van der Waals surface area contributed by atoms with Gasteiger partial charge in [0.1, 0.15) is 5.60 Å². The smallest absolute Gasteiger partial charge is 0.412 e. The first-order valence-corrected chi connectivity index (χ1v) is 9.14. The molecule has 0 saturated carbocycles. The van der Waals surface area contributed by atoms with Gasteiger partial charge in [-0.2, -0.15) is 0 Å². The molecule has 6 heteroatoms. The maximum absolute atomic E-state index is 12.4. The van der Waals surface area contributed by atoms with Crippen molar-refractivity contribution in [2.24, 2.45) is 0 Å². The van der Waals surface area contributed by atoms with Crippen LogP contribution in [0.15, 0.2) is 48.5 Å². The van der Waals surface area contributed by atoms with Crippen LogP contribution in [-0.4, -0.2) is 17.6 Å². The van der Waals surface area contributed by atoms with Crippen LogP contribution in [0.2, 0.25) is 5.02 Å². The number of halogens is 1. The number of ether oxygens (including phenoxy) is 1. The number of rotatable bonds is 5. The average Bonchev–Trinajstić information content (AvgIpc) is 2.53. The van der Waals surface area contributed by atoms with Gasteiger partial charge in [0.05, 0.1) is 12.5 Å². The minimum Gasteiger partial charge on any atom is -0.444 e. The number of carbonyl (C=O) groups excluding carboxylic acids is 2. The molecule has 2 N–H and O–H groups in total. The molecule has 0 heterocycles. The van der Waals surface area contributed by atoms with Crippen molar-refractivity contribution in [3.63, 3.8) is 0 Å². The Morgan fingerprint density at radius 1 is 1.11 bits per heavy atom. The van der Waals surface area contributed by atoms with Gasteiger partial charge >= 0.3 is 6.09 Å². The summed E-state index contributed by atoms with van der Waals surface area (Å²) in [5, 5.41) is 6.24. The fourth-order valence-electron chi connectivity index (χ4n) is 2.56. The Morgan fingerprint density at radius 3 is 2.48 bits per heavy atom. The molecule has 0 spiro atoms. The van der Waals surface area contributed by atoms with E-state index in [1.165, 1.54) is 0 Å². The van der Waals surface area contributed by atoms with Crippen molar-refractivity contribution < 1.29 is 14.3 Å². The van der Waals surface area contributed by atoms with E-state index < -0.39 is 11.7 Å². The summed E-state index contributed by atoms with van der Waals surface area (Å²) in [4.78, 5) is 24.2. The summed E-state index contributed by atoms with van der Waals surface area (Å²) >= 11 is 6.17. The van der Waals surface area contributed by atoms with E-state index in [0.717, 1.165) is 11.1 Å². The highest BCUT2D eigenvalue weighted by Crippen LogP contribution is 2.22. The zero-order valence-corrected chi connectivity index (χ0v) is 16.8. The van der Waals surface area contributed by atoms with E-state index in [-0.39, 0.29) is 18.4 Å². The first kappa shape index (κ1) is 20.8. The van der Waals surface area contributed by atoms with Crippen LogP contribution in [0, 0.1) is 0 Å². The zero-order valence-electron chi connectivity index (χ0n) is 16.0. The molecule has 2 amide bonds. The number of hydrogen-bond acceptors (Lipinski definition) is 3. The van der Waals surface area contributed by atoms with Crippen molar-refractivity contribution in [1.82, 2.24) is 5.32 Å².